The van der Waals surface area contributed by atoms with Crippen LogP contribution in [0.2, 0.25) is 0 Å². The number of ether oxygens (including phenoxy) is 1. The minimum absolute atomic E-state index is 0.168. The Morgan fingerprint density at radius 1 is 1.11 bits per heavy atom. The van der Waals surface area contributed by atoms with E-state index in [9.17, 15) is 4.79 Å². The summed E-state index contributed by atoms with van der Waals surface area (Å²) in [6, 6.07) is 11.8. The lowest BCUT2D eigenvalue weighted by Crippen LogP contribution is -2.27. The van der Waals surface area contributed by atoms with Gasteiger partial charge in [0.25, 0.3) is 5.56 Å². The Balaban J connectivity index is 1.93. The van der Waals surface area contributed by atoms with Crippen LogP contribution in [0.25, 0.3) is 27.8 Å². The Morgan fingerprint density at radius 2 is 1.89 bits per heavy atom. The van der Waals surface area contributed by atoms with Crippen LogP contribution in [0, 0.1) is 0 Å². The van der Waals surface area contributed by atoms with Crippen molar-refractivity contribution >= 4 is 16.7 Å². The number of aromatic nitrogens is 5. The van der Waals surface area contributed by atoms with Gasteiger partial charge in [0.15, 0.2) is 11.2 Å². The fourth-order valence-electron chi connectivity index (χ4n) is 3.25. The maximum atomic E-state index is 12.8. The number of methoxy groups -OCH3 is 1. The summed E-state index contributed by atoms with van der Waals surface area (Å²) in [4.78, 5) is 14.9. The third-order valence-electron chi connectivity index (χ3n) is 4.66. The smallest absolute Gasteiger partial charge is 0.280 e. The number of likely N-dealkylation sites (N-methyl/N-ethyl adjacent to an activating group) is 1. The topological polar surface area (TPSA) is 77.5 Å². The number of rotatable bonds is 6. The van der Waals surface area contributed by atoms with Crippen molar-refractivity contribution in [3.63, 3.8) is 0 Å². The second-order valence-corrected chi connectivity index (χ2v) is 6.91. The second kappa shape index (κ2) is 7.49. The van der Waals surface area contributed by atoms with E-state index in [4.69, 9.17) is 4.74 Å². The highest BCUT2D eigenvalue weighted by atomic mass is 16.5. The summed E-state index contributed by atoms with van der Waals surface area (Å²) < 4.78 is 8.68. The molecule has 3 heterocycles. The highest BCUT2D eigenvalue weighted by Gasteiger charge is 2.19. The van der Waals surface area contributed by atoms with Gasteiger partial charge >= 0.3 is 0 Å². The molecule has 4 rings (SSSR count). The zero-order valence-corrected chi connectivity index (χ0v) is 16.2. The maximum absolute atomic E-state index is 12.8. The van der Waals surface area contributed by atoms with E-state index in [-0.39, 0.29) is 5.56 Å². The lowest BCUT2D eigenvalue weighted by molar-refractivity contribution is 0.181. The van der Waals surface area contributed by atoms with Crippen molar-refractivity contribution in [1.29, 1.82) is 0 Å². The predicted molar refractivity (Wildman–Crippen MR) is 107 cm³/mol. The molecule has 8 nitrogen and oxygen atoms in total. The minimum atomic E-state index is -0.168. The maximum Gasteiger partial charge on any atom is 0.280 e. The van der Waals surface area contributed by atoms with Crippen molar-refractivity contribution in [2.75, 3.05) is 27.7 Å². The summed E-state index contributed by atoms with van der Waals surface area (Å²) in [5, 5.41) is 13.3. The summed E-state index contributed by atoms with van der Waals surface area (Å²) in [6.45, 7) is 1.69. The van der Waals surface area contributed by atoms with E-state index in [0.717, 1.165) is 23.4 Å². The molecule has 0 amide bonds. The van der Waals surface area contributed by atoms with Gasteiger partial charge in [-0.1, -0.05) is 30.3 Å². The Bertz CT molecular complexity index is 1180. The van der Waals surface area contributed by atoms with Gasteiger partial charge in [0.2, 0.25) is 0 Å². The molecule has 0 aliphatic heterocycles. The highest BCUT2D eigenvalue weighted by Crippen LogP contribution is 2.28. The fraction of sp³-hybridized carbons (Fsp3) is 0.300. The Kier molecular flexibility index (Phi) is 4.89. The van der Waals surface area contributed by atoms with E-state index < -0.39 is 0 Å². The van der Waals surface area contributed by atoms with E-state index in [2.05, 4.69) is 15.3 Å². The first kappa shape index (κ1) is 18.3. The molecule has 4 aromatic rings. The average Bonchev–Trinajstić information content (AvgIpc) is 3.06. The van der Waals surface area contributed by atoms with Gasteiger partial charge in [-0.05, 0) is 25.7 Å². The quantitative estimate of drug-likeness (QED) is 0.509. The van der Waals surface area contributed by atoms with Crippen molar-refractivity contribution < 1.29 is 4.74 Å². The third-order valence-corrected chi connectivity index (χ3v) is 4.66. The van der Waals surface area contributed by atoms with Gasteiger partial charge in [0.1, 0.15) is 5.52 Å². The lowest BCUT2D eigenvalue weighted by Gasteiger charge is -2.11. The number of benzene rings is 1. The summed E-state index contributed by atoms with van der Waals surface area (Å²) in [5.41, 5.74) is 3.99. The van der Waals surface area contributed by atoms with Crippen LogP contribution in [0.5, 0.6) is 0 Å². The van der Waals surface area contributed by atoms with Gasteiger partial charge in [-0.3, -0.25) is 4.79 Å². The molecule has 0 fully saturated rings. The molecule has 3 aromatic heterocycles. The van der Waals surface area contributed by atoms with Crippen molar-refractivity contribution in [2.45, 2.75) is 13.2 Å². The van der Waals surface area contributed by atoms with Gasteiger partial charge in [0.05, 0.1) is 17.9 Å². The van der Waals surface area contributed by atoms with E-state index in [1.54, 1.807) is 22.4 Å². The van der Waals surface area contributed by atoms with E-state index in [1.807, 2.05) is 55.4 Å². The molecule has 28 heavy (non-hydrogen) atoms. The van der Waals surface area contributed by atoms with Crippen LogP contribution in [-0.2, 0) is 17.9 Å². The standard InChI is InChI=1S/C20H22N6O2/c1-24(2)11-12-25-10-9-16-18(20(25)27)21-22-19-17(14-7-5-4-6-8-14)15(13-28-3)23-26(16)19/h4-10H,11-13H2,1-3H3. The number of fused-ring (bicyclic) bond motifs is 3. The van der Waals surface area contributed by atoms with Crippen molar-refractivity contribution in [3.8, 4) is 11.1 Å². The molecular formula is C20H22N6O2. The lowest BCUT2D eigenvalue weighted by atomic mass is 10.1. The van der Waals surface area contributed by atoms with E-state index in [0.29, 0.717) is 29.8 Å². The predicted octanol–water partition coefficient (Wildman–Crippen LogP) is 1.81. The van der Waals surface area contributed by atoms with Crippen LogP contribution in [0.3, 0.4) is 0 Å². The van der Waals surface area contributed by atoms with Crippen LogP contribution in [0.15, 0.2) is 47.4 Å². The fourth-order valence-corrected chi connectivity index (χ4v) is 3.25. The molecule has 0 aliphatic rings. The van der Waals surface area contributed by atoms with Gasteiger partial charge in [0, 0.05) is 26.4 Å². The molecule has 0 N–H and O–H groups in total. The molecule has 0 bridgehead atoms. The van der Waals surface area contributed by atoms with E-state index >= 15 is 0 Å². The molecule has 0 saturated heterocycles. The van der Waals surface area contributed by atoms with Crippen molar-refractivity contribution in [3.05, 3.63) is 58.6 Å². The molecule has 0 saturated carbocycles. The molecule has 0 spiro atoms. The molecule has 0 aliphatic carbocycles. The highest BCUT2D eigenvalue weighted by molar-refractivity contribution is 5.84. The molecule has 1 aromatic carbocycles. The number of hydrogen-bond acceptors (Lipinski definition) is 6. The van der Waals surface area contributed by atoms with Crippen LogP contribution in [0.4, 0.5) is 0 Å². The molecule has 0 radical (unpaired) electrons. The first-order chi connectivity index (χ1) is 13.6. The Morgan fingerprint density at radius 3 is 2.61 bits per heavy atom. The largest absolute Gasteiger partial charge is 0.378 e. The number of pyridine rings is 1. The molecule has 0 unspecified atom stereocenters. The molecular weight excluding hydrogens is 356 g/mol. The molecule has 8 heteroatoms. The Labute approximate surface area is 162 Å². The molecule has 144 valence electrons. The van der Waals surface area contributed by atoms with E-state index in [1.165, 1.54) is 0 Å². The van der Waals surface area contributed by atoms with Gasteiger partial charge in [-0.2, -0.15) is 5.10 Å². The van der Waals surface area contributed by atoms with Crippen molar-refractivity contribution in [1.82, 2.24) is 29.3 Å². The van der Waals surface area contributed by atoms with Crippen molar-refractivity contribution in [2.24, 2.45) is 0 Å². The third kappa shape index (κ3) is 3.17. The van der Waals surface area contributed by atoms with Crippen LogP contribution < -0.4 is 5.56 Å². The Hall–Kier alpha value is -3.10. The zero-order valence-electron chi connectivity index (χ0n) is 16.2. The summed E-state index contributed by atoms with van der Waals surface area (Å²) in [6.07, 6.45) is 1.79. The summed E-state index contributed by atoms with van der Waals surface area (Å²) >= 11 is 0. The van der Waals surface area contributed by atoms with Gasteiger partial charge < -0.3 is 14.2 Å². The SMILES string of the molecule is COCc1nn2c(nnc3c(=O)n(CCN(C)C)ccc32)c1-c1ccccc1. The average molecular weight is 378 g/mol. The monoisotopic (exact) mass is 378 g/mol. The normalized spacial score (nSPS) is 11.7. The summed E-state index contributed by atoms with van der Waals surface area (Å²) in [7, 11) is 5.58. The first-order valence-corrected chi connectivity index (χ1v) is 9.06. The zero-order chi connectivity index (χ0) is 19.7. The van der Waals surface area contributed by atoms with Gasteiger partial charge in [-0.25, -0.2) is 4.52 Å². The van der Waals surface area contributed by atoms with Crippen LogP contribution >= 0.6 is 0 Å². The minimum Gasteiger partial charge on any atom is -0.378 e. The summed E-state index contributed by atoms with van der Waals surface area (Å²) in [5.74, 6) is 0. The second-order valence-electron chi connectivity index (χ2n) is 6.91. The number of hydrogen-bond donors (Lipinski definition) is 0. The number of nitrogens with zero attached hydrogens (tertiary/aromatic N) is 6. The van der Waals surface area contributed by atoms with Crippen LogP contribution in [-0.4, -0.2) is 57.0 Å². The van der Waals surface area contributed by atoms with Crippen LogP contribution in [0.1, 0.15) is 5.69 Å². The first-order valence-electron chi connectivity index (χ1n) is 9.06. The van der Waals surface area contributed by atoms with Gasteiger partial charge in [-0.15, -0.1) is 10.2 Å². The molecule has 0 atom stereocenters.